The first-order chi connectivity index (χ1) is 26.9. The van der Waals surface area contributed by atoms with E-state index in [0.29, 0.717) is 5.41 Å². The fourth-order valence-corrected chi connectivity index (χ4v) is 13.9. The van der Waals surface area contributed by atoms with Gasteiger partial charge in [-0.2, -0.15) is 0 Å². The van der Waals surface area contributed by atoms with Crippen molar-refractivity contribution in [2.45, 2.75) is 94.8 Å². The van der Waals surface area contributed by atoms with Gasteiger partial charge >= 0.3 is 0 Å². The quantitative estimate of drug-likeness (QED) is 0.166. The van der Waals surface area contributed by atoms with Crippen LogP contribution in [0.5, 0.6) is 0 Å². The molecule has 274 valence electrons. The maximum atomic E-state index is 2.55. The number of hydrogen-bond donors (Lipinski definition) is 0. The average molecular weight is 716 g/mol. The highest BCUT2D eigenvalue weighted by Crippen LogP contribution is 2.61. The van der Waals surface area contributed by atoms with E-state index in [9.17, 15) is 0 Å². The van der Waals surface area contributed by atoms with Gasteiger partial charge in [0.25, 0.3) is 0 Å². The minimum absolute atomic E-state index is 0.0996. The largest absolute Gasteiger partial charge is 0.310 e. The van der Waals surface area contributed by atoms with Gasteiger partial charge in [-0.15, -0.1) is 0 Å². The summed E-state index contributed by atoms with van der Waals surface area (Å²) in [7, 11) is 0. The van der Waals surface area contributed by atoms with Gasteiger partial charge in [-0.25, -0.2) is 0 Å². The van der Waals surface area contributed by atoms with Gasteiger partial charge in [0.05, 0.1) is 0 Å². The molecule has 3 unspecified atom stereocenters. The maximum absolute atomic E-state index is 2.55. The van der Waals surface area contributed by atoms with E-state index in [1.165, 1.54) is 125 Å². The van der Waals surface area contributed by atoms with Gasteiger partial charge in [-0.1, -0.05) is 105 Å². The zero-order valence-corrected chi connectivity index (χ0v) is 32.6. The van der Waals surface area contributed by atoms with Crippen LogP contribution in [-0.4, -0.2) is 0 Å². The summed E-state index contributed by atoms with van der Waals surface area (Å²) in [5.74, 6) is 5.47. The summed E-state index contributed by atoms with van der Waals surface area (Å²) in [6.07, 6.45) is 14.4. The second-order valence-corrected chi connectivity index (χ2v) is 19.6. The highest BCUT2D eigenvalue weighted by atomic mass is 15.1. The van der Waals surface area contributed by atoms with Crippen molar-refractivity contribution in [3.8, 4) is 22.3 Å². The van der Waals surface area contributed by atoms with E-state index in [4.69, 9.17) is 0 Å². The lowest BCUT2D eigenvalue weighted by atomic mass is 9.48. The molecule has 6 fully saturated rings. The third-order valence-corrected chi connectivity index (χ3v) is 16.1. The predicted molar refractivity (Wildman–Crippen MR) is 230 cm³/mol. The molecule has 1 heteroatoms. The molecular formula is C54H53N. The van der Waals surface area contributed by atoms with Crippen LogP contribution in [0.25, 0.3) is 33.0 Å². The predicted octanol–water partition coefficient (Wildman–Crippen LogP) is 14.7. The molecule has 6 aromatic rings. The fourth-order valence-electron chi connectivity index (χ4n) is 13.9. The van der Waals surface area contributed by atoms with Gasteiger partial charge in [0.15, 0.2) is 0 Å². The van der Waals surface area contributed by atoms with E-state index in [1.807, 2.05) is 0 Å². The number of rotatable bonds is 6. The first kappa shape index (κ1) is 32.6. The topological polar surface area (TPSA) is 3.24 Å². The first-order valence-electron chi connectivity index (χ1n) is 21.7. The molecule has 0 aromatic heterocycles. The fraction of sp³-hybridized carbons (Fsp3) is 0.370. The van der Waals surface area contributed by atoms with Gasteiger partial charge in [-0.05, 0) is 196 Å². The van der Waals surface area contributed by atoms with Crippen molar-refractivity contribution >= 4 is 27.8 Å². The Kier molecular flexibility index (Phi) is 7.08. The second-order valence-electron chi connectivity index (χ2n) is 19.6. The Hall–Kier alpha value is -4.62. The minimum atomic E-state index is -0.0996. The van der Waals surface area contributed by atoms with E-state index in [2.05, 4.69) is 146 Å². The molecule has 0 radical (unpaired) electrons. The summed E-state index contributed by atoms with van der Waals surface area (Å²) in [6.45, 7) is 4.85. The van der Waals surface area contributed by atoms with Crippen LogP contribution in [0.1, 0.15) is 106 Å². The highest BCUT2D eigenvalue weighted by Gasteiger charge is 2.51. The van der Waals surface area contributed by atoms with Crippen molar-refractivity contribution in [2.75, 3.05) is 4.90 Å². The molecule has 7 aliphatic rings. The Morgan fingerprint density at radius 2 is 1.20 bits per heavy atom. The summed E-state index contributed by atoms with van der Waals surface area (Å²) in [5, 5.41) is 2.61. The van der Waals surface area contributed by atoms with Crippen LogP contribution in [-0.2, 0) is 10.8 Å². The number of fused-ring (bicyclic) bond motifs is 6. The summed E-state index contributed by atoms with van der Waals surface area (Å²) >= 11 is 0. The van der Waals surface area contributed by atoms with Crippen LogP contribution in [0.2, 0.25) is 0 Å². The van der Waals surface area contributed by atoms with E-state index in [0.717, 1.165) is 35.5 Å². The third-order valence-electron chi connectivity index (χ3n) is 16.1. The number of hydrogen-bond acceptors (Lipinski definition) is 1. The molecule has 0 spiro atoms. The Labute approximate surface area is 327 Å². The Balaban J connectivity index is 0.940. The van der Waals surface area contributed by atoms with Crippen LogP contribution >= 0.6 is 0 Å². The molecule has 6 bridgehead atoms. The molecule has 0 amide bonds. The molecule has 55 heavy (non-hydrogen) atoms. The first-order valence-corrected chi connectivity index (χ1v) is 21.7. The molecule has 0 aliphatic heterocycles. The van der Waals surface area contributed by atoms with Crippen molar-refractivity contribution in [1.82, 2.24) is 0 Å². The molecule has 6 saturated carbocycles. The molecule has 13 rings (SSSR count). The Morgan fingerprint density at radius 1 is 0.509 bits per heavy atom. The molecule has 6 aromatic carbocycles. The minimum Gasteiger partial charge on any atom is -0.310 e. The van der Waals surface area contributed by atoms with Gasteiger partial charge in [-0.3, -0.25) is 0 Å². The SMILES string of the molecule is CC1(C)c2ccc(-c3cccc4ccccc34)cc2-c2ccc(N(c3ccc(C4CC5CCC4C5)cc3)c3ccc(C45CC6CC(CC(C6)C4)C5)cc3)cc21. The highest BCUT2D eigenvalue weighted by molar-refractivity contribution is 5.98. The lowest BCUT2D eigenvalue weighted by molar-refractivity contribution is -0.00518. The molecule has 1 nitrogen and oxygen atoms in total. The number of nitrogens with zero attached hydrogens (tertiary/aromatic N) is 1. The smallest absolute Gasteiger partial charge is 0.0465 e. The summed E-state index contributed by atoms with van der Waals surface area (Å²) < 4.78 is 0. The summed E-state index contributed by atoms with van der Waals surface area (Å²) in [4.78, 5) is 2.55. The molecule has 0 saturated heterocycles. The average Bonchev–Trinajstić information content (AvgIpc) is 3.90. The van der Waals surface area contributed by atoms with E-state index >= 15 is 0 Å². The lowest BCUT2D eigenvalue weighted by Gasteiger charge is -2.57. The second kappa shape index (κ2) is 11.9. The maximum Gasteiger partial charge on any atom is 0.0465 e. The standard InChI is InChI=1S/C54H53N/c1-53(2)51-23-14-41(47-9-5-7-38-6-3-4-8-46(38)47)29-50(51)48-22-21-45(30-52(48)53)55(43-17-12-39(13-18-43)49-28-34-10-11-40(49)27-34)44-19-15-42(16-20-44)54-31-35-24-36(32-54)26-37(25-35)33-54/h3-9,12-23,29-30,34-37,40,49H,10-11,24-28,31-33H2,1-2H3. The molecule has 3 atom stereocenters. The Bertz CT molecular complexity index is 2420. The van der Waals surface area contributed by atoms with Crippen molar-refractivity contribution in [3.05, 3.63) is 150 Å². The van der Waals surface area contributed by atoms with Gasteiger partial charge in [0.1, 0.15) is 0 Å². The molecule has 7 aliphatic carbocycles. The van der Waals surface area contributed by atoms with Crippen molar-refractivity contribution in [3.63, 3.8) is 0 Å². The summed E-state index contributed by atoms with van der Waals surface area (Å²) in [5.41, 5.74) is 15.4. The Morgan fingerprint density at radius 3 is 1.91 bits per heavy atom. The van der Waals surface area contributed by atoms with E-state index in [1.54, 1.807) is 11.1 Å². The van der Waals surface area contributed by atoms with Crippen LogP contribution in [0, 0.1) is 29.6 Å². The summed E-state index contributed by atoms with van der Waals surface area (Å²) in [6, 6.07) is 49.8. The zero-order chi connectivity index (χ0) is 36.5. The van der Waals surface area contributed by atoms with Crippen LogP contribution in [0.4, 0.5) is 17.1 Å². The zero-order valence-electron chi connectivity index (χ0n) is 32.6. The molecule has 0 N–H and O–H groups in total. The monoisotopic (exact) mass is 715 g/mol. The molecular weight excluding hydrogens is 663 g/mol. The van der Waals surface area contributed by atoms with Gasteiger partial charge in [0.2, 0.25) is 0 Å². The van der Waals surface area contributed by atoms with Crippen molar-refractivity contribution in [1.29, 1.82) is 0 Å². The van der Waals surface area contributed by atoms with Crippen molar-refractivity contribution < 1.29 is 0 Å². The van der Waals surface area contributed by atoms with E-state index in [-0.39, 0.29) is 5.41 Å². The number of anilines is 3. The number of benzene rings is 6. The van der Waals surface area contributed by atoms with Gasteiger partial charge < -0.3 is 4.90 Å². The van der Waals surface area contributed by atoms with Crippen LogP contribution in [0.15, 0.2) is 127 Å². The van der Waals surface area contributed by atoms with Crippen molar-refractivity contribution in [2.24, 2.45) is 29.6 Å². The normalized spacial score (nSPS) is 29.1. The molecule has 0 heterocycles. The van der Waals surface area contributed by atoms with Crippen LogP contribution in [0.3, 0.4) is 0 Å². The van der Waals surface area contributed by atoms with Crippen LogP contribution < -0.4 is 4.90 Å². The lowest BCUT2D eigenvalue weighted by Crippen LogP contribution is -2.48. The third kappa shape index (κ3) is 5.03. The van der Waals surface area contributed by atoms with Gasteiger partial charge in [0, 0.05) is 22.5 Å². The van der Waals surface area contributed by atoms with E-state index < -0.39 is 0 Å².